The van der Waals surface area contributed by atoms with Gasteiger partial charge < -0.3 is 10.5 Å². The summed E-state index contributed by atoms with van der Waals surface area (Å²) in [5.74, 6) is 0.301. The molecular formula is C18H20N6O2S. The minimum absolute atomic E-state index is 0.0264. The van der Waals surface area contributed by atoms with E-state index in [-0.39, 0.29) is 11.2 Å². The molecule has 0 amide bonds. The number of aromatic nitrogens is 4. The number of hydrogen-bond donors (Lipinski definition) is 1. The van der Waals surface area contributed by atoms with Crippen molar-refractivity contribution in [2.24, 2.45) is 0 Å². The fraction of sp³-hybridized carbons (Fsp3) is 0.444. The molecule has 3 aromatic rings. The summed E-state index contributed by atoms with van der Waals surface area (Å²) in [6.45, 7) is 3.07. The van der Waals surface area contributed by atoms with Crippen LogP contribution in [0.2, 0.25) is 0 Å². The summed E-state index contributed by atoms with van der Waals surface area (Å²) in [7, 11) is 0. The van der Waals surface area contributed by atoms with E-state index in [1.165, 1.54) is 11.3 Å². The number of ether oxygens (including phenoxy) is 1. The SMILES string of the molecule is Nc1ncc2c(n1)C1(CCN(Cc3cc(=O)n4ccsc4n3)CC1)OCC2. The molecule has 27 heavy (non-hydrogen) atoms. The molecule has 0 aliphatic carbocycles. The Morgan fingerprint density at radius 3 is 3.00 bits per heavy atom. The summed E-state index contributed by atoms with van der Waals surface area (Å²) in [5.41, 5.74) is 8.34. The van der Waals surface area contributed by atoms with Gasteiger partial charge in [-0.05, 0) is 24.8 Å². The van der Waals surface area contributed by atoms with Crippen LogP contribution in [-0.4, -0.2) is 43.9 Å². The highest BCUT2D eigenvalue weighted by Crippen LogP contribution is 2.40. The number of nitrogens with zero attached hydrogens (tertiary/aromatic N) is 5. The van der Waals surface area contributed by atoms with Crippen LogP contribution in [0.15, 0.2) is 28.6 Å². The minimum atomic E-state index is -0.369. The number of rotatable bonds is 2. The van der Waals surface area contributed by atoms with E-state index in [0.29, 0.717) is 19.1 Å². The van der Waals surface area contributed by atoms with Gasteiger partial charge >= 0.3 is 0 Å². The lowest BCUT2D eigenvalue weighted by atomic mass is 9.83. The quantitative estimate of drug-likeness (QED) is 0.709. The van der Waals surface area contributed by atoms with Crippen molar-refractivity contribution in [1.29, 1.82) is 0 Å². The first kappa shape index (κ1) is 16.8. The average molecular weight is 384 g/mol. The molecule has 5 heterocycles. The average Bonchev–Trinajstić information content (AvgIpc) is 3.14. The van der Waals surface area contributed by atoms with Gasteiger partial charge in [0.05, 0.1) is 18.0 Å². The Morgan fingerprint density at radius 1 is 1.30 bits per heavy atom. The Labute approximate surface area is 159 Å². The molecule has 140 valence electrons. The minimum Gasteiger partial charge on any atom is -0.368 e. The lowest BCUT2D eigenvalue weighted by Gasteiger charge is -2.43. The van der Waals surface area contributed by atoms with Gasteiger partial charge in [0.25, 0.3) is 5.56 Å². The fourth-order valence-electron chi connectivity index (χ4n) is 4.07. The number of fused-ring (bicyclic) bond motifs is 3. The van der Waals surface area contributed by atoms with Gasteiger partial charge in [0, 0.05) is 43.5 Å². The van der Waals surface area contributed by atoms with Crippen LogP contribution in [-0.2, 0) is 23.3 Å². The smallest absolute Gasteiger partial charge is 0.258 e. The molecule has 0 atom stereocenters. The Kier molecular flexibility index (Phi) is 3.96. The third kappa shape index (κ3) is 2.91. The molecule has 9 heteroatoms. The van der Waals surface area contributed by atoms with Gasteiger partial charge in [-0.2, -0.15) is 0 Å². The molecular weight excluding hydrogens is 364 g/mol. The molecule has 2 N–H and O–H groups in total. The summed E-state index contributed by atoms with van der Waals surface area (Å²) < 4.78 is 7.79. The van der Waals surface area contributed by atoms with Crippen molar-refractivity contribution in [1.82, 2.24) is 24.3 Å². The lowest BCUT2D eigenvalue weighted by Crippen LogP contribution is -2.47. The van der Waals surface area contributed by atoms with Crippen molar-refractivity contribution in [2.75, 3.05) is 25.4 Å². The van der Waals surface area contributed by atoms with E-state index < -0.39 is 0 Å². The summed E-state index contributed by atoms with van der Waals surface area (Å²) in [6, 6.07) is 1.63. The second kappa shape index (κ2) is 6.36. The van der Waals surface area contributed by atoms with Crippen molar-refractivity contribution in [3.8, 4) is 0 Å². The molecule has 3 aromatic heterocycles. The van der Waals surface area contributed by atoms with Gasteiger partial charge in [-0.1, -0.05) is 0 Å². The van der Waals surface area contributed by atoms with E-state index in [1.54, 1.807) is 16.7 Å². The molecule has 1 saturated heterocycles. The number of piperidine rings is 1. The second-order valence-corrected chi connectivity index (χ2v) is 7.99. The van der Waals surface area contributed by atoms with Crippen molar-refractivity contribution in [3.63, 3.8) is 0 Å². The highest BCUT2D eigenvalue weighted by molar-refractivity contribution is 7.15. The van der Waals surface area contributed by atoms with Crippen molar-refractivity contribution in [2.45, 2.75) is 31.4 Å². The van der Waals surface area contributed by atoms with E-state index in [0.717, 1.165) is 54.3 Å². The predicted molar refractivity (Wildman–Crippen MR) is 102 cm³/mol. The maximum absolute atomic E-state index is 12.2. The van der Waals surface area contributed by atoms with Crippen molar-refractivity contribution >= 4 is 22.2 Å². The molecule has 0 radical (unpaired) electrons. The molecule has 8 nitrogen and oxygen atoms in total. The zero-order valence-electron chi connectivity index (χ0n) is 14.8. The Balaban J connectivity index is 1.35. The number of hydrogen-bond acceptors (Lipinski definition) is 8. The maximum atomic E-state index is 12.2. The Bertz CT molecular complexity index is 1050. The molecule has 0 bridgehead atoms. The summed E-state index contributed by atoms with van der Waals surface area (Å²) >= 11 is 1.48. The van der Waals surface area contributed by atoms with Crippen LogP contribution >= 0.6 is 11.3 Å². The monoisotopic (exact) mass is 384 g/mol. The fourth-order valence-corrected chi connectivity index (χ4v) is 4.81. The van der Waals surface area contributed by atoms with E-state index in [2.05, 4.69) is 19.9 Å². The molecule has 1 spiro atoms. The summed E-state index contributed by atoms with van der Waals surface area (Å²) in [6.07, 6.45) is 6.11. The first-order valence-electron chi connectivity index (χ1n) is 9.07. The standard InChI is InChI=1S/C18H20N6O2S/c19-16-20-10-12-1-7-26-18(15(12)22-16)2-4-23(5-3-18)11-13-9-14(25)24-6-8-27-17(24)21-13/h6,8-10H,1-5,7,11H2,(H2,19,20,22). The highest BCUT2D eigenvalue weighted by atomic mass is 32.1. The zero-order valence-corrected chi connectivity index (χ0v) is 15.6. The largest absolute Gasteiger partial charge is 0.368 e. The number of likely N-dealkylation sites (tertiary alicyclic amines) is 1. The van der Waals surface area contributed by atoms with Gasteiger partial charge in [0.15, 0.2) is 4.96 Å². The Hall–Kier alpha value is -2.36. The van der Waals surface area contributed by atoms with Crippen molar-refractivity contribution < 1.29 is 4.74 Å². The van der Waals surface area contributed by atoms with Crippen LogP contribution in [0.5, 0.6) is 0 Å². The zero-order chi connectivity index (χ0) is 18.4. The summed E-state index contributed by atoms with van der Waals surface area (Å²) in [4.78, 5) is 28.5. The molecule has 0 unspecified atom stereocenters. The van der Waals surface area contributed by atoms with Crippen LogP contribution in [0, 0.1) is 0 Å². The van der Waals surface area contributed by atoms with E-state index in [4.69, 9.17) is 10.5 Å². The maximum Gasteiger partial charge on any atom is 0.258 e. The first-order chi connectivity index (χ1) is 13.1. The van der Waals surface area contributed by atoms with Gasteiger partial charge in [-0.3, -0.25) is 14.1 Å². The third-order valence-corrected chi connectivity index (χ3v) is 6.23. The topological polar surface area (TPSA) is 98.6 Å². The molecule has 2 aliphatic rings. The van der Waals surface area contributed by atoms with Gasteiger partial charge in [-0.15, -0.1) is 11.3 Å². The number of thiazole rings is 1. The number of nitrogen functional groups attached to an aromatic ring is 1. The molecule has 2 aliphatic heterocycles. The Morgan fingerprint density at radius 2 is 2.15 bits per heavy atom. The van der Waals surface area contributed by atoms with Gasteiger partial charge in [-0.25, -0.2) is 15.0 Å². The number of anilines is 1. The molecule has 5 rings (SSSR count). The van der Waals surface area contributed by atoms with E-state index >= 15 is 0 Å². The molecule has 0 aromatic carbocycles. The molecule has 0 saturated carbocycles. The van der Waals surface area contributed by atoms with Gasteiger partial charge in [0.1, 0.15) is 5.60 Å². The second-order valence-electron chi connectivity index (χ2n) is 7.11. The summed E-state index contributed by atoms with van der Waals surface area (Å²) in [5, 5.41) is 1.88. The van der Waals surface area contributed by atoms with Crippen LogP contribution in [0.1, 0.15) is 29.8 Å². The van der Waals surface area contributed by atoms with Crippen molar-refractivity contribution in [3.05, 3.63) is 51.1 Å². The van der Waals surface area contributed by atoms with E-state index in [9.17, 15) is 4.79 Å². The van der Waals surface area contributed by atoms with Crippen LogP contribution in [0.3, 0.4) is 0 Å². The third-order valence-electron chi connectivity index (χ3n) is 5.47. The normalized spacial score (nSPS) is 19.4. The predicted octanol–water partition coefficient (Wildman–Crippen LogP) is 1.19. The highest BCUT2D eigenvalue weighted by Gasteiger charge is 2.42. The van der Waals surface area contributed by atoms with E-state index in [1.807, 2.05) is 11.6 Å². The lowest BCUT2D eigenvalue weighted by molar-refractivity contribution is -0.102. The number of nitrogens with two attached hydrogens (primary N) is 1. The van der Waals surface area contributed by atoms with Crippen LogP contribution in [0.25, 0.3) is 4.96 Å². The van der Waals surface area contributed by atoms with Crippen LogP contribution in [0.4, 0.5) is 5.95 Å². The van der Waals surface area contributed by atoms with Gasteiger partial charge in [0.2, 0.25) is 5.95 Å². The van der Waals surface area contributed by atoms with Crippen LogP contribution < -0.4 is 11.3 Å². The molecule has 1 fully saturated rings. The first-order valence-corrected chi connectivity index (χ1v) is 9.95.